The van der Waals surface area contributed by atoms with E-state index in [1.165, 1.54) is 0 Å². The average molecular weight is 244 g/mol. The Morgan fingerprint density at radius 2 is 2.17 bits per heavy atom. The van der Waals surface area contributed by atoms with E-state index in [9.17, 15) is 4.79 Å². The summed E-state index contributed by atoms with van der Waals surface area (Å²) in [6, 6.07) is 9.81. The number of benzene rings is 1. The number of hydrogen-bond acceptors (Lipinski definition) is 4. The van der Waals surface area contributed by atoms with E-state index >= 15 is 0 Å². The van der Waals surface area contributed by atoms with Crippen LogP contribution in [-0.2, 0) is 9.53 Å². The van der Waals surface area contributed by atoms with Gasteiger partial charge in [-0.15, -0.1) is 0 Å². The van der Waals surface area contributed by atoms with E-state index in [0.717, 1.165) is 16.6 Å². The van der Waals surface area contributed by atoms with Crippen molar-refractivity contribution < 1.29 is 9.53 Å². The number of nitrogens with one attached hydrogen (secondary N) is 1. The largest absolute Gasteiger partial charge is 0.466 e. The standard InChI is InChI=1S/C14H16N2O2/c1-2-18-14(17)8-10-16-13-7-9-15-12-6-4-3-5-11(12)13/h3-7,9H,2,8,10H2,1H3,(H,15,16). The van der Waals surface area contributed by atoms with Gasteiger partial charge in [0.1, 0.15) is 0 Å². The Hall–Kier alpha value is -2.10. The van der Waals surface area contributed by atoms with E-state index in [2.05, 4.69) is 10.3 Å². The Morgan fingerprint density at radius 3 is 3.00 bits per heavy atom. The summed E-state index contributed by atoms with van der Waals surface area (Å²) in [5.41, 5.74) is 1.93. The molecule has 0 saturated carbocycles. The molecule has 0 aliphatic heterocycles. The molecule has 1 heterocycles. The molecular weight excluding hydrogens is 228 g/mol. The van der Waals surface area contributed by atoms with Gasteiger partial charge < -0.3 is 10.1 Å². The third-order valence-corrected chi connectivity index (χ3v) is 2.60. The van der Waals surface area contributed by atoms with Gasteiger partial charge in [0.05, 0.1) is 18.5 Å². The minimum absolute atomic E-state index is 0.177. The minimum Gasteiger partial charge on any atom is -0.466 e. The lowest BCUT2D eigenvalue weighted by atomic mass is 10.2. The summed E-state index contributed by atoms with van der Waals surface area (Å²) < 4.78 is 4.88. The number of carbonyl (C=O) groups is 1. The number of anilines is 1. The van der Waals surface area contributed by atoms with Gasteiger partial charge in [-0.05, 0) is 19.1 Å². The van der Waals surface area contributed by atoms with Crippen molar-refractivity contribution in [2.75, 3.05) is 18.5 Å². The third kappa shape index (κ3) is 2.97. The number of esters is 1. The second-order valence-corrected chi connectivity index (χ2v) is 3.86. The maximum atomic E-state index is 11.2. The molecule has 0 aliphatic carbocycles. The molecule has 0 atom stereocenters. The molecule has 0 spiro atoms. The predicted molar refractivity (Wildman–Crippen MR) is 71.5 cm³/mol. The van der Waals surface area contributed by atoms with Gasteiger partial charge in [-0.25, -0.2) is 0 Å². The first-order valence-electron chi connectivity index (χ1n) is 6.04. The quantitative estimate of drug-likeness (QED) is 0.821. The zero-order chi connectivity index (χ0) is 12.8. The fourth-order valence-corrected chi connectivity index (χ4v) is 1.78. The lowest BCUT2D eigenvalue weighted by molar-refractivity contribution is -0.142. The molecule has 0 bridgehead atoms. The van der Waals surface area contributed by atoms with Crippen LogP contribution in [0.2, 0.25) is 0 Å². The number of ether oxygens (including phenoxy) is 1. The van der Waals surface area contributed by atoms with Crippen LogP contribution in [0.25, 0.3) is 10.9 Å². The van der Waals surface area contributed by atoms with Crippen molar-refractivity contribution >= 4 is 22.6 Å². The summed E-state index contributed by atoms with van der Waals surface area (Å²) in [5, 5.41) is 4.30. The first-order chi connectivity index (χ1) is 8.81. The molecule has 1 aromatic carbocycles. The van der Waals surface area contributed by atoms with Gasteiger partial charge in [0.2, 0.25) is 0 Å². The highest BCUT2D eigenvalue weighted by Crippen LogP contribution is 2.20. The Kier molecular flexibility index (Phi) is 4.12. The Balaban J connectivity index is 2.01. The Morgan fingerprint density at radius 1 is 1.33 bits per heavy atom. The van der Waals surface area contributed by atoms with Crippen molar-refractivity contribution in [3.63, 3.8) is 0 Å². The maximum Gasteiger partial charge on any atom is 0.307 e. The van der Waals surface area contributed by atoms with E-state index in [1.54, 1.807) is 6.20 Å². The number of aromatic nitrogens is 1. The van der Waals surface area contributed by atoms with Gasteiger partial charge in [0, 0.05) is 23.8 Å². The average Bonchev–Trinajstić information content (AvgIpc) is 2.39. The molecule has 0 unspecified atom stereocenters. The summed E-state index contributed by atoms with van der Waals surface area (Å²) in [7, 11) is 0. The summed E-state index contributed by atoms with van der Waals surface area (Å²) in [4.78, 5) is 15.5. The Labute approximate surface area is 106 Å². The van der Waals surface area contributed by atoms with Crippen LogP contribution in [0.5, 0.6) is 0 Å². The van der Waals surface area contributed by atoms with Gasteiger partial charge in [-0.2, -0.15) is 0 Å². The molecule has 0 radical (unpaired) electrons. The van der Waals surface area contributed by atoms with E-state index in [-0.39, 0.29) is 5.97 Å². The van der Waals surface area contributed by atoms with Crippen molar-refractivity contribution in [1.29, 1.82) is 0 Å². The van der Waals surface area contributed by atoms with Crippen LogP contribution in [0, 0.1) is 0 Å². The molecule has 2 rings (SSSR count). The predicted octanol–water partition coefficient (Wildman–Crippen LogP) is 2.60. The van der Waals surface area contributed by atoms with Crippen LogP contribution in [0.1, 0.15) is 13.3 Å². The van der Waals surface area contributed by atoms with Gasteiger partial charge in [-0.1, -0.05) is 18.2 Å². The highest BCUT2D eigenvalue weighted by Gasteiger charge is 2.03. The molecule has 0 saturated heterocycles. The monoisotopic (exact) mass is 244 g/mol. The lowest BCUT2D eigenvalue weighted by Crippen LogP contribution is -2.11. The number of hydrogen-bond donors (Lipinski definition) is 1. The maximum absolute atomic E-state index is 11.2. The molecule has 94 valence electrons. The van der Waals surface area contributed by atoms with Crippen LogP contribution < -0.4 is 5.32 Å². The first kappa shape index (κ1) is 12.4. The number of rotatable bonds is 5. The number of carbonyl (C=O) groups excluding carboxylic acids is 1. The topological polar surface area (TPSA) is 51.2 Å². The van der Waals surface area contributed by atoms with Crippen LogP contribution in [0.3, 0.4) is 0 Å². The zero-order valence-corrected chi connectivity index (χ0v) is 10.3. The summed E-state index contributed by atoms with van der Waals surface area (Å²) in [5.74, 6) is -0.177. The molecular formula is C14H16N2O2. The third-order valence-electron chi connectivity index (χ3n) is 2.60. The van der Waals surface area contributed by atoms with Crippen molar-refractivity contribution in [3.8, 4) is 0 Å². The van der Waals surface area contributed by atoms with Gasteiger partial charge in [0.25, 0.3) is 0 Å². The van der Waals surface area contributed by atoms with Crippen molar-refractivity contribution in [3.05, 3.63) is 36.5 Å². The molecule has 1 aromatic heterocycles. The smallest absolute Gasteiger partial charge is 0.307 e. The Bertz CT molecular complexity index is 535. The fourth-order valence-electron chi connectivity index (χ4n) is 1.78. The van der Waals surface area contributed by atoms with Crippen molar-refractivity contribution in [2.24, 2.45) is 0 Å². The number of pyridine rings is 1. The van der Waals surface area contributed by atoms with E-state index in [4.69, 9.17) is 4.74 Å². The summed E-state index contributed by atoms with van der Waals surface area (Å²) >= 11 is 0. The highest BCUT2D eigenvalue weighted by atomic mass is 16.5. The number of para-hydroxylation sites is 1. The second-order valence-electron chi connectivity index (χ2n) is 3.86. The van der Waals surface area contributed by atoms with Gasteiger partial charge in [-0.3, -0.25) is 9.78 Å². The molecule has 4 nitrogen and oxygen atoms in total. The van der Waals surface area contributed by atoms with E-state index in [0.29, 0.717) is 19.6 Å². The summed E-state index contributed by atoms with van der Waals surface area (Å²) in [6.45, 7) is 2.80. The molecule has 2 aromatic rings. The molecule has 18 heavy (non-hydrogen) atoms. The second kappa shape index (κ2) is 6.00. The molecule has 0 fully saturated rings. The first-order valence-corrected chi connectivity index (χ1v) is 6.04. The van der Waals surface area contributed by atoms with E-state index < -0.39 is 0 Å². The van der Waals surface area contributed by atoms with Crippen molar-refractivity contribution in [1.82, 2.24) is 4.98 Å². The van der Waals surface area contributed by atoms with Gasteiger partial charge >= 0.3 is 5.97 Å². The SMILES string of the molecule is CCOC(=O)CCNc1ccnc2ccccc12. The normalized spacial score (nSPS) is 10.3. The van der Waals surface area contributed by atoms with Crippen molar-refractivity contribution in [2.45, 2.75) is 13.3 Å². The number of nitrogens with zero attached hydrogens (tertiary/aromatic N) is 1. The van der Waals surface area contributed by atoms with Crippen LogP contribution >= 0.6 is 0 Å². The summed E-state index contributed by atoms with van der Waals surface area (Å²) in [6.07, 6.45) is 2.12. The van der Waals surface area contributed by atoms with Gasteiger partial charge in [0.15, 0.2) is 0 Å². The van der Waals surface area contributed by atoms with Crippen LogP contribution in [0.4, 0.5) is 5.69 Å². The minimum atomic E-state index is -0.177. The van der Waals surface area contributed by atoms with Crippen LogP contribution in [0.15, 0.2) is 36.5 Å². The molecule has 1 N–H and O–H groups in total. The zero-order valence-electron chi connectivity index (χ0n) is 10.3. The molecule has 0 aliphatic rings. The molecule has 0 amide bonds. The molecule has 4 heteroatoms. The number of fused-ring (bicyclic) bond motifs is 1. The van der Waals surface area contributed by atoms with E-state index in [1.807, 2.05) is 37.3 Å². The highest BCUT2D eigenvalue weighted by molar-refractivity contribution is 5.90. The fraction of sp³-hybridized carbons (Fsp3) is 0.286. The van der Waals surface area contributed by atoms with Crippen LogP contribution in [-0.4, -0.2) is 24.1 Å². The lowest BCUT2D eigenvalue weighted by Gasteiger charge is -2.08.